The SMILES string of the molecule is Cn1cc(CC(O)c2ccc(SC(F)(F)F)cc2)nn1. The molecule has 108 valence electrons. The summed E-state index contributed by atoms with van der Waals surface area (Å²) in [7, 11) is 1.71. The van der Waals surface area contributed by atoms with Crippen molar-refractivity contribution in [2.75, 3.05) is 0 Å². The van der Waals surface area contributed by atoms with Crippen LogP contribution in [0.2, 0.25) is 0 Å². The molecule has 8 heteroatoms. The summed E-state index contributed by atoms with van der Waals surface area (Å²) in [6, 6.07) is 5.64. The average Bonchev–Trinajstić information content (AvgIpc) is 2.73. The van der Waals surface area contributed by atoms with Crippen molar-refractivity contribution in [3.63, 3.8) is 0 Å². The van der Waals surface area contributed by atoms with Crippen molar-refractivity contribution in [2.45, 2.75) is 22.9 Å². The molecule has 1 N–H and O–H groups in total. The van der Waals surface area contributed by atoms with E-state index >= 15 is 0 Å². The van der Waals surface area contributed by atoms with Crippen LogP contribution in [0.15, 0.2) is 35.4 Å². The molecule has 0 radical (unpaired) electrons. The van der Waals surface area contributed by atoms with Crippen LogP contribution in [0.4, 0.5) is 13.2 Å². The molecule has 0 bridgehead atoms. The highest BCUT2D eigenvalue weighted by Crippen LogP contribution is 2.37. The fourth-order valence-corrected chi connectivity index (χ4v) is 2.24. The van der Waals surface area contributed by atoms with Gasteiger partial charge in [-0.25, -0.2) is 0 Å². The smallest absolute Gasteiger partial charge is 0.388 e. The van der Waals surface area contributed by atoms with Crippen molar-refractivity contribution in [3.05, 3.63) is 41.7 Å². The first-order chi connectivity index (χ1) is 9.33. The molecule has 20 heavy (non-hydrogen) atoms. The van der Waals surface area contributed by atoms with Crippen LogP contribution in [0.1, 0.15) is 17.4 Å². The van der Waals surface area contributed by atoms with E-state index in [0.29, 0.717) is 11.3 Å². The number of nitrogens with zero attached hydrogens (tertiary/aromatic N) is 3. The summed E-state index contributed by atoms with van der Waals surface area (Å²) >= 11 is -0.179. The molecule has 0 aliphatic rings. The summed E-state index contributed by atoms with van der Waals surface area (Å²) in [4.78, 5) is 0.0907. The van der Waals surface area contributed by atoms with Gasteiger partial charge in [0.05, 0.1) is 11.8 Å². The largest absolute Gasteiger partial charge is 0.446 e. The van der Waals surface area contributed by atoms with Gasteiger partial charge in [-0.2, -0.15) is 13.2 Å². The molecule has 4 nitrogen and oxygen atoms in total. The number of aryl methyl sites for hydroxylation is 1. The second kappa shape index (κ2) is 5.84. The molecule has 1 atom stereocenters. The van der Waals surface area contributed by atoms with Crippen molar-refractivity contribution < 1.29 is 18.3 Å². The molecule has 1 aromatic carbocycles. The minimum absolute atomic E-state index is 0.0907. The van der Waals surface area contributed by atoms with E-state index in [1.165, 1.54) is 28.9 Å². The fourth-order valence-electron chi connectivity index (χ4n) is 1.70. The summed E-state index contributed by atoms with van der Waals surface area (Å²) in [6.07, 6.45) is 1.12. The van der Waals surface area contributed by atoms with Crippen molar-refractivity contribution in [1.29, 1.82) is 0 Å². The highest BCUT2D eigenvalue weighted by molar-refractivity contribution is 8.00. The quantitative estimate of drug-likeness (QED) is 0.882. The van der Waals surface area contributed by atoms with E-state index in [2.05, 4.69) is 10.3 Å². The van der Waals surface area contributed by atoms with Crippen LogP contribution in [-0.2, 0) is 13.5 Å². The third-order valence-corrected chi connectivity index (χ3v) is 3.29. The van der Waals surface area contributed by atoms with Crippen molar-refractivity contribution in [1.82, 2.24) is 15.0 Å². The summed E-state index contributed by atoms with van der Waals surface area (Å²) in [5.74, 6) is 0. The lowest BCUT2D eigenvalue weighted by atomic mass is 10.1. The normalized spacial score (nSPS) is 13.4. The number of aliphatic hydroxyl groups excluding tert-OH is 1. The third kappa shape index (κ3) is 4.24. The van der Waals surface area contributed by atoms with E-state index in [1.807, 2.05) is 0 Å². The van der Waals surface area contributed by atoms with Gasteiger partial charge in [-0.15, -0.1) is 5.10 Å². The maximum Gasteiger partial charge on any atom is 0.446 e. The minimum Gasteiger partial charge on any atom is -0.388 e. The molecule has 2 aromatic rings. The number of benzene rings is 1. The van der Waals surface area contributed by atoms with Crippen LogP contribution in [0, 0.1) is 0 Å². The minimum atomic E-state index is -4.31. The molecule has 0 aliphatic carbocycles. The van der Waals surface area contributed by atoms with Gasteiger partial charge in [0, 0.05) is 24.6 Å². The molecule has 0 saturated heterocycles. The van der Waals surface area contributed by atoms with Gasteiger partial charge in [0.15, 0.2) is 0 Å². The number of rotatable bonds is 4. The lowest BCUT2D eigenvalue weighted by Gasteiger charge is -2.10. The number of aromatic nitrogens is 3. The summed E-state index contributed by atoms with van der Waals surface area (Å²) in [5.41, 5.74) is -3.14. The summed E-state index contributed by atoms with van der Waals surface area (Å²) < 4.78 is 38.1. The maximum absolute atomic E-state index is 12.2. The van der Waals surface area contributed by atoms with Gasteiger partial charge in [-0.3, -0.25) is 4.68 Å². The number of thioether (sulfide) groups is 1. The van der Waals surface area contributed by atoms with Crippen molar-refractivity contribution in [3.8, 4) is 0 Å². The fraction of sp³-hybridized carbons (Fsp3) is 0.333. The first-order valence-electron chi connectivity index (χ1n) is 5.72. The van der Waals surface area contributed by atoms with Crippen LogP contribution < -0.4 is 0 Å². The molecular weight excluding hydrogens is 291 g/mol. The number of hydrogen-bond acceptors (Lipinski definition) is 4. The lowest BCUT2D eigenvalue weighted by Crippen LogP contribution is -2.03. The highest BCUT2D eigenvalue weighted by Gasteiger charge is 2.29. The lowest BCUT2D eigenvalue weighted by molar-refractivity contribution is -0.0328. The van der Waals surface area contributed by atoms with Gasteiger partial charge < -0.3 is 5.11 Å². The monoisotopic (exact) mass is 303 g/mol. The highest BCUT2D eigenvalue weighted by atomic mass is 32.2. The molecule has 0 amide bonds. The first kappa shape index (κ1) is 14.9. The van der Waals surface area contributed by atoms with E-state index in [-0.39, 0.29) is 23.1 Å². The Morgan fingerprint density at radius 3 is 2.45 bits per heavy atom. The Morgan fingerprint density at radius 2 is 1.95 bits per heavy atom. The Hall–Kier alpha value is -1.54. The van der Waals surface area contributed by atoms with Crippen LogP contribution in [0.25, 0.3) is 0 Å². The number of alkyl halides is 3. The van der Waals surface area contributed by atoms with Gasteiger partial charge in [-0.05, 0) is 29.5 Å². The van der Waals surface area contributed by atoms with E-state index in [9.17, 15) is 18.3 Å². The zero-order valence-electron chi connectivity index (χ0n) is 10.5. The molecule has 0 saturated carbocycles. The topological polar surface area (TPSA) is 50.9 Å². The Bertz CT molecular complexity index is 568. The van der Waals surface area contributed by atoms with Crippen LogP contribution >= 0.6 is 11.8 Å². The number of hydrogen-bond donors (Lipinski definition) is 1. The van der Waals surface area contributed by atoms with Crippen LogP contribution in [0.3, 0.4) is 0 Å². The molecule has 1 aromatic heterocycles. The molecule has 0 aliphatic heterocycles. The third-order valence-electron chi connectivity index (χ3n) is 2.55. The maximum atomic E-state index is 12.2. The first-order valence-corrected chi connectivity index (χ1v) is 6.54. The van der Waals surface area contributed by atoms with Gasteiger partial charge in [-0.1, -0.05) is 17.3 Å². The summed E-state index contributed by atoms with van der Waals surface area (Å²) in [6.45, 7) is 0. The standard InChI is InChI=1S/C12H12F3N3OS/c1-18-7-9(16-17-18)6-11(19)8-2-4-10(5-3-8)20-12(13,14)15/h2-5,7,11,19H,6H2,1H3. The predicted molar refractivity (Wildman–Crippen MR) is 68.0 cm³/mol. The molecular formula is C12H12F3N3OS. The second-order valence-electron chi connectivity index (χ2n) is 4.22. The van der Waals surface area contributed by atoms with Crippen LogP contribution in [-0.4, -0.2) is 25.6 Å². The number of halogens is 3. The molecule has 0 spiro atoms. The molecule has 1 heterocycles. The summed E-state index contributed by atoms with van der Waals surface area (Å²) in [5, 5.41) is 17.6. The Labute approximate surface area is 117 Å². The molecule has 0 fully saturated rings. The predicted octanol–water partition coefficient (Wildman–Crippen LogP) is 2.70. The van der Waals surface area contributed by atoms with E-state index in [4.69, 9.17) is 0 Å². The Kier molecular flexibility index (Phi) is 4.34. The Balaban J connectivity index is 2.02. The molecule has 1 unspecified atom stereocenters. The molecule has 2 rings (SSSR count). The van der Waals surface area contributed by atoms with Gasteiger partial charge in [0.2, 0.25) is 0 Å². The van der Waals surface area contributed by atoms with Gasteiger partial charge in [0.1, 0.15) is 0 Å². The zero-order valence-corrected chi connectivity index (χ0v) is 11.3. The van der Waals surface area contributed by atoms with Gasteiger partial charge in [0.25, 0.3) is 0 Å². The van der Waals surface area contributed by atoms with E-state index in [1.54, 1.807) is 13.2 Å². The zero-order chi connectivity index (χ0) is 14.8. The second-order valence-corrected chi connectivity index (χ2v) is 5.36. The van der Waals surface area contributed by atoms with E-state index < -0.39 is 11.6 Å². The van der Waals surface area contributed by atoms with Gasteiger partial charge >= 0.3 is 5.51 Å². The Morgan fingerprint density at radius 1 is 1.30 bits per heavy atom. The van der Waals surface area contributed by atoms with Crippen LogP contribution in [0.5, 0.6) is 0 Å². The number of aliphatic hydroxyl groups is 1. The average molecular weight is 303 g/mol. The van der Waals surface area contributed by atoms with E-state index in [0.717, 1.165) is 0 Å². The van der Waals surface area contributed by atoms with Crippen molar-refractivity contribution in [2.24, 2.45) is 7.05 Å². The van der Waals surface area contributed by atoms with Crippen molar-refractivity contribution >= 4 is 11.8 Å².